The van der Waals surface area contributed by atoms with E-state index in [1.165, 1.54) is 15.0 Å². The predicted molar refractivity (Wildman–Crippen MR) is 73.3 cm³/mol. The summed E-state index contributed by atoms with van der Waals surface area (Å²) in [5.74, 6) is 0. The molecule has 0 aliphatic rings. The molecule has 0 fully saturated rings. The van der Waals surface area contributed by atoms with E-state index in [-0.39, 0.29) is 0 Å². The van der Waals surface area contributed by atoms with E-state index in [0.717, 1.165) is 13.0 Å². The highest BCUT2D eigenvalue weighted by atomic mass is 32.1. The van der Waals surface area contributed by atoms with Gasteiger partial charge in [-0.05, 0) is 44.8 Å². The van der Waals surface area contributed by atoms with E-state index in [9.17, 15) is 0 Å². The summed E-state index contributed by atoms with van der Waals surface area (Å²) in [6.45, 7) is 5.63. The molecule has 86 valence electrons. The summed E-state index contributed by atoms with van der Waals surface area (Å²) in [4.78, 5) is 3.89. The van der Waals surface area contributed by atoms with Crippen LogP contribution >= 0.6 is 11.3 Å². The summed E-state index contributed by atoms with van der Waals surface area (Å²) in [6.07, 6.45) is 1.16. The van der Waals surface area contributed by atoms with E-state index in [1.54, 1.807) is 0 Å². The molecule has 1 aromatic heterocycles. The maximum atomic E-state index is 2.39. The van der Waals surface area contributed by atoms with Gasteiger partial charge in [0.1, 0.15) is 0 Å². The Balaban J connectivity index is 2.05. The lowest BCUT2D eigenvalue weighted by molar-refractivity contribution is 0.278. The van der Waals surface area contributed by atoms with Crippen molar-refractivity contribution in [3.63, 3.8) is 0 Å². The van der Waals surface area contributed by atoms with Gasteiger partial charge in [0.25, 0.3) is 0 Å². The first kappa shape index (κ1) is 11.6. The third-order valence-corrected chi connectivity index (χ3v) is 4.24. The molecule has 0 bridgehead atoms. The summed E-state index contributed by atoms with van der Waals surface area (Å²) in [5.41, 5.74) is 0. The third-order valence-electron chi connectivity index (χ3n) is 3.07. The fourth-order valence-electron chi connectivity index (χ4n) is 1.70. The second kappa shape index (κ2) is 4.98. The average molecular weight is 233 g/mol. The molecule has 0 unspecified atom stereocenters. The first-order chi connectivity index (χ1) is 7.66. The van der Waals surface area contributed by atoms with Gasteiger partial charge in [0, 0.05) is 22.2 Å². The maximum absolute atomic E-state index is 2.39. The molecule has 0 aliphatic carbocycles. The van der Waals surface area contributed by atoms with Crippen LogP contribution in [0.3, 0.4) is 0 Å². The average Bonchev–Trinajstić information content (AvgIpc) is 2.68. The van der Waals surface area contributed by atoms with Crippen LogP contribution in [0.15, 0.2) is 30.3 Å². The Labute approximate surface area is 102 Å². The summed E-state index contributed by atoms with van der Waals surface area (Å²) in [5, 5.41) is 1.38. The molecule has 1 aromatic carbocycles. The Bertz CT molecular complexity index is 425. The highest BCUT2D eigenvalue weighted by Crippen LogP contribution is 2.25. The predicted octanol–water partition coefficient (Wildman–Crippen LogP) is 3.78. The quantitative estimate of drug-likeness (QED) is 0.776. The number of fused-ring (bicyclic) bond motifs is 1. The molecule has 1 nitrogen and oxygen atoms in total. The van der Waals surface area contributed by atoms with E-state index >= 15 is 0 Å². The van der Waals surface area contributed by atoms with Gasteiger partial charge >= 0.3 is 0 Å². The van der Waals surface area contributed by atoms with Gasteiger partial charge in [0.2, 0.25) is 0 Å². The molecule has 0 N–H and O–H groups in total. The second-order valence-electron chi connectivity index (χ2n) is 4.57. The molecule has 0 spiro atoms. The van der Waals surface area contributed by atoms with Crippen LogP contribution in [0.5, 0.6) is 0 Å². The number of likely N-dealkylation sites (N-methyl/N-ethyl adjacent to an activating group) is 1. The topological polar surface area (TPSA) is 3.24 Å². The molecule has 0 radical (unpaired) electrons. The van der Waals surface area contributed by atoms with Gasteiger partial charge in [-0.15, -0.1) is 11.3 Å². The van der Waals surface area contributed by atoms with Gasteiger partial charge < -0.3 is 4.90 Å². The lowest BCUT2D eigenvalue weighted by atomic mass is 10.2. The van der Waals surface area contributed by atoms with Crippen molar-refractivity contribution in [2.45, 2.75) is 26.3 Å². The Kier molecular flexibility index (Phi) is 3.62. The van der Waals surface area contributed by atoms with Gasteiger partial charge in [-0.3, -0.25) is 0 Å². The zero-order chi connectivity index (χ0) is 11.5. The molecule has 0 saturated heterocycles. The van der Waals surface area contributed by atoms with Crippen LogP contribution in [0.25, 0.3) is 10.1 Å². The SMILES string of the molecule is CC(C)N(C)CCc1cc2ccccc2s1. The fourth-order valence-corrected chi connectivity index (χ4v) is 2.76. The van der Waals surface area contributed by atoms with E-state index in [1.807, 2.05) is 11.3 Å². The smallest absolute Gasteiger partial charge is 0.0345 e. The number of hydrogen-bond donors (Lipinski definition) is 0. The monoisotopic (exact) mass is 233 g/mol. The molecule has 1 heterocycles. The van der Waals surface area contributed by atoms with Crippen LogP contribution in [-0.4, -0.2) is 24.5 Å². The molecule has 0 atom stereocenters. The highest BCUT2D eigenvalue weighted by molar-refractivity contribution is 7.19. The van der Waals surface area contributed by atoms with Gasteiger partial charge in [-0.2, -0.15) is 0 Å². The molecule has 0 saturated carbocycles. The molecule has 0 aliphatic heterocycles. The first-order valence-corrected chi connectivity index (χ1v) is 6.66. The largest absolute Gasteiger partial charge is 0.304 e. The molecular weight excluding hydrogens is 214 g/mol. The van der Waals surface area contributed by atoms with Crippen LogP contribution in [0, 0.1) is 0 Å². The van der Waals surface area contributed by atoms with Gasteiger partial charge in [-0.25, -0.2) is 0 Å². The van der Waals surface area contributed by atoms with Crippen molar-refractivity contribution in [1.29, 1.82) is 0 Å². The van der Waals surface area contributed by atoms with Crippen molar-refractivity contribution in [1.82, 2.24) is 4.90 Å². The van der Waals surface area contributed by atoms with Crippen molar-refractivity contribution in [3.05, 3.63) is 35.2 Å². The minimum absolute atomic E-state index is 0.634. The molecule has 2 rings (SSSR count). The number of hydrogen-bond acceptors (Lipinski definition) is 2. The Morgan fingerprint density at radius 3 is 2.69 bits per heavy atom. The van der Waals surface area contributed by atoms with Crippen LogP contribution < -0.4 is 0 Å². The molecule has 16 heavy (non-hydrogen) atoms. The highest BCUT2D eigenvalue weighted by Gasteiger charge is 2.05. The standard InChI is InChI=1S/C14H19NS/c1-11(2)15(3)9-8-13-10-12-6-4-5-7-14(12)16-13/h4-7,10-11H,8-9H2,1-3H3. The normalized spacial score (nSPS) is 11.8. The number of rotatable bonds is 4. The molecular formula is C14H19NS. The van der Waals surface area contributed by atoms with Crippen molar-refractivity contribution in [2.24, 2.45) is 0 Å². The first-order valence-electron chi connectivity index (χ1n) is 5.84. The van der Waals surface area contributed by atoms with E-state index in [0.29, 0.717) is 6.04 Å². The van der Waals surface area contributed by atoms with Gasteiger partial charge in [-0.1, -0.05) is 18.2 Å². The lowest BCUT2D eigenvalue weighted by Crippen LogP contribution is -2.28. The Hall–Kier alpha value is -0.860. The Morgan fingerprint density at radius 1 is 1.25 bits per heavy atom. The van der Waals surface area contributed by atoms with E-state index in [4.69, 9.17) is 0 Å². The fraction of sp³-hybridized carbons (Fsp3) is 0.429. The van der Waals surface area contributed by atoms with Crippen molar-refractivity contribution in [2.75, 3.05) is 13.6 Å². The molecule has 2 heteroatoms. The molecule has 0 amide bonds. The van der Waals surface area contributed by atoms with Crippen LogP contribution in [0.4, 0.5) is 0 Å². The minimum Gasteiger partial charge on any atom is -0.304 e. The van der Waals surface area contributed by atoms with Crippen LogP contribution in [0.1, 0.15) is 18.7 Å². The third kappa shape index (κ3) is 2.63. The van der Waals surface area contributed by atoms with E-state index < -0.39 is 0 Å². The summed E-state index contributed by atoms with van der Waals surface area (Å²) < 4.78 is 1.41. The molecule has 2 aromatic rings. The van der Waals surface area contributed by atoms with Crippen molar-refractivity contribution < 1.29 is 0 Å². The Morgan fingerprint density at radius 2 is 2.00 bits per heavy atom. The van der Waals surface area contributed by atoms with Crippen molar-refractivity contribution >= 4 is 21.4 Å². The zero-order valence-corrected chi connectivity index (χ0v) is 11.1. The summed E-state index contributed by atoms with van der Waals surface area (Å²) in [7, 11) is 2.19. The summed E-state index contributed by atoms with van der Waals surface area (Å²) >= 11 is 1.92. The maximum Gasteiger partial charge on any atom is 0.0345 e. The zero-order valence-electron chi connectivity index (χ0n) is 10.2. The number of thiophene rings is 1. The minimum atomic E-state index is 0.634. The van der Waals surface area contributed by atoms with Crippen molar-refractivity contribution in [3.8, 4) is 0 Å². The van der Waals surface area contributed by atoms with Crippen LogP contribution in [-0.2, 0) is 6.42 Å². The van der Waals surface area contributed by atoms with Gasteiger partial charge in [0.05, 0.1) is 0 Å². The van der Waals surface area contributed by atoms with E-state index in [2.05, 4.69) is 56.1 Å². The number of nitrogens with zero attached hydrogens (tertiary/aromatic N) is 1. The summed E-state index contributed by atoms with van der Waals surface area (Å²) in [6, 6.07) is 11.6. The van der Waals surface area contributed by atoms with Crippen LogP contribution in [0.2, 0.25) is 0 Å². The lowest BCUT2D eigenvalue weighted by Gasteiger charge is -2.20. The number of benzene rings is 1. The second-order valence-corrected chi connectivity index (χ2v) is 5.74. The van der Waals surface area contributed by atoms with Gasteiger partial charge in [0.15, 0.2) is 0 Å².